The number of carbonyl (C=O) groups excluding carboxylic acids is 2. The number of carbonyl (C=O) groups is 2. The maximum absolute atomic E-state index is 12.9. The van der Waals surface area contributed by atoms with Gasteiger partial charge in [-0.3, -0.25) is 14.5 Å². The Hall–Kier alpha value is -2.02. The van der Waals surface area contributed by atoms with Crippen molar-refractivity contribution < 1.29 is 14.3 Å². The van der Waals surface area contributed by atoms with Gasteiger partial charge in [-0.2, -0.15) is 0 Å². The number of aryl methyl sites for hydroxylation is 1. The maximum Gasteiger partial charge on any atom is 0.249 e. The van der Waals surface area contributed by atoms with Crippen LogP contribution in [-0.4, -0.2) is 52.5 Å². The van der Waals surface area contributed by atoms with Gasteiger partial charge in [-0.1, -0.05) is 19.3 Å². The lowest BCUT2D eigenvalue weighted by Gasteiger charge is -2.34. The molecule has 7 nitrogen and oxygen atoms in total. The molecule has 3 heterocycles. The van der Waals surface area contributed by atoms with Crippen LogP contribution in [0, 0.1) is 12.8 Å². The van der Waals surface area contributed by atoms with E-state index in [1.807, 2.05) is 30.6 Å². The fourth-order valence-corrected chi connectivity index (χ4v) is 5.22. The van der Waals surface area contributed by atoms with Crippen molar-refractivity contribution in [3.8, 4) is 0 Å². The smallest absolute Gasteiger partial charge is 0.249 e. The fourth-order valence-electron chi connectivity index (χ4n) is 5.22. The molecule has 0 bridgehead atoms. The third-order valence-electron chi connectivity index (χ3n) is 6.93. The molecule has 1 aromatic heterocycles. The number of hydrogen-bond donors (Lipinski definition) is 0. The Kier molecular flexibility index (Phi) is 6.89. The van der Waals surface area contributed by atoms with Gasteiger partial charge in [-0.05, 0) is 58.8 Å². The van der Waals surface area contributed by atoms with Gasteiger partial charge in [-0.15, -0.1) is 0 Å². The molecule has 2 fully saturated rings. The second kappa shape index (κ2) is 9.63. The first-order chi connectivity index (χ1) is 14.9. The number of fused-ring (bicyclic) bond motifs is 1. The van der Waals surface area contributed by atoms with Crippen molar-refractivity contribution >= 4 is 17.6 Å². The Labute approximate surface area is 185 Å². The van der Waals surface area contributed by atoms with E-state index in [1.54, 1.807) is 0 Å². The number of aromatic nitrogens is 2. The van der Waals surface area contributed by atoms with Crippen molar-refractivity contribution in [1.82, 2.24) is 14.9 Å². The van der Waals surface area contributed by atoms with E-state index < -0.39 is 0 Å². The Balaban J connectivity index is 1.59. The summed E-state index contributed by atoms with van der Waals surface area (Å²) in [5.41, 5.74) is 2.04. The van der Waals surface area contributed by atoms with Crippen LogP contribution in [0.15, 0.2) is 0 Å². The average molecular weight is 429 g/mol. The molecule has 1 atom stereocenters. The minimum atomic E-state index is -0.138. The quantitative estimate of drug-likeness (QED) is 0.690. The van der Waals surface area contributed by atoms with Gasteiger partial charge in [0.2, 0.25) is 11.8 Å². The molecule has 3 aliphatic rings. The van der Waals surface area contributed by atoms with Crippen molar-refractivity contribution in [1.29, 1.82) is 0 Å². The van der Waals surface area contributed by atoms with Crippen molar-refractivity contribution in [2.45, 2.75) is 90.7 Å². The second-order valence-electron chi connectivity index (χ2n) is 9.58. The van der Waals surface area contributed by atoms with E-state index in [1.165, 1.54) is 32.1 Å². The highest BCUT2D eigenvalue weighted by Gasteiger charge is 2.35. The lowest BCUT2D eigenvalue weighted by atomic mass is 9.88. The van der Waals surface area contributed by atoms with E-state index in [9.17, 15) is 9.59 Å². The molecule has 170 valence electrons. The number of nitrogens with zero attached hydrogens (tertiary/aromatic N) is 4. The fraction of sp³-hybridized carbons (Fsp3) is 0.750. The van der Waals surface area contributed by atoms with E-state index in [4.69, 9.17) is 14.7 Å². The lowest BCUT2D eigenvalue weighted by molar-refractivity contribution is -0.138. The van der Waals surface area contributed by atoms with E-state index in [2.05, 4.69) is 0 Å². The molecule has 1 saturated heterocycles. The topological polar surface area (TPSA) is 75.6 Å². The Morgan fingerprint density at radius 1 is 1.10 bits per heavy atom. The number of hydrogen-bond acceptors (Lipinski definition) is 5. The van der Waals surface area contributed by atoms with Gasteiger partial charge in [0.1, 0.15) is 12.4 Å². The van der Waals surface area contributed by atoms with Gasteiger partial charge in [0.25, 0.3) is 0 Å². The van der Waals surface area contributed by atoms with Crippen molar-refractivity contribution in [2.24, 2.45) is 5.92 Å². The minimum Gasteiger partial charge on any atom is -0.369 e. The summed E-state index contributed by atoms with van der Waals surface area (Å²) in [7, 11) is 0. The molecule has 2 amide bonds. The summed E-state index contributed by atoms with van der Waals surface area (Å²) in [6, 6.07) is -0.138. The first-order valence-electron chi connectivity index (χ1n) is 12.0. The maximum atomic E-state index is 12.9. The van der Waals surface area contributed by atoms with Crippen molar-refractivity contribution in [2.75, 3.05) is 24.6 Å². The summed E-state index contributed by atoms with van der Waals surface area (Å²) >= 11 is 0. The number of rotatable bonds is 6. The molecule has 0 radical (unpaired) electrons. The Bertz CT molecular complexity index is 819. The van der Waals surface area contributed by atoms with Crippen LogP contribution in [-0.2, 0) is 20.7 Å². The van der Waals surface area contributed by atoms with Crippen molar-refractivity contribution in [3.63, 3.8) is 0 Å². The zero-order chi connectivity index (χ0) is 22.0. The second-order valence-corrected chi connectivity index (χ2v) is 9.58. The molecule has 1 saturated carbocycles. The number of likely N-dealkylation sites (tertiary alicyclic amines) is 1. The molecule has 0 N–H and O–H groups in total. The van der Waals surface area contributed by atoms with E-state index >= 15 is 0 Å². The lowest BCUT2D eigenvalue weighted by Crippen LogP contribution is -2.41. The van der Waals surface area contributed by atoms with Gasteiger partial charge >= 0.3 is 0 Å². The predicted molar refractivity (Wildman–Crippen MR) is 119 cm³/mol. The number of amides is 2. The molecule has 0 spiro atoms. The summed E-state index contributed by atoms with van der Waals surface area (Å²) < 4.78 is 5.55. The van der Waals surface area contributed by atoms with Crippen LogP contribution in [0.1, 0.15) is 88.3 Å². The zero-order valence-corrected chi connectivity index (χ0v) is 19.2. The first-order valence-corrected chi connectivity index (χ1v) is 12.0. The number of anilines is 1. The van der Waals surface area contributed by atoms with Crippen LogP contribution in [0.25, 0.3) is 0 Å². The standard InChI is InChI=1S/C24H36N4O3/c1-16(2)31-15-22(30)27-13-7-10-20(27)23-25-17(3)19-11-12-21(29)28(24(19)26-23)14-18-8-5-4-6-9-18/h16,18,20H,4-15H2,1-3H3. The van der Waals surface area contributed by atoms with E-state index in [-0.39, 0.29) is 30.6 Å². The Morgan fingerprint density at radius 3 is 2.61 bits per heavy atom. The summed E-state index contributed by atoms with van der Waals surface area (Å²) in [6.45, 7) is 7.43. The largest absolute Gasteiger partial charge is 0.369 e. The van der Waals surface area contributed by atoms with Crippen LogP contribution in [0.5, 0.6) is 0 Å². The van der Waals surface area contributed by atoms with Crippen LogP contribution in [0.4, 0.5) is 5.82 Å². The summed E-state index contributed by atoms with van der Waals surface area (Å²) in [5, 5.41) is 0. The molecular weight excluding hydrogens is 392 g/mol. The van der Waals surface area contributed by atoms with Gasteiger partial charge in [-0.25, -0.2) is 9.97 Å². The molecule has 7 heteroatoms. The average Bonchev–Trinajstić information content (AvgIpc) is 3.25. The van der Waals surface area contributed by atoms with Crippen LogP contribution < -0.4 is 4.90 Å². The molecule has 1 unspecified atom stereocenters. The molecule has 4 rings (SSSR count). The zero-order valence-electron chi connectivity index (χ0n) is 19.2. The highest BCUT2D eigenvalue weighted by atomic mass is 16.5. The van der Waals surface area contributed by atoms with Crippen LogP contribution >= 0.6 is 0 Å². The normalized spacial score (nSPS) is 22.3. The number of ether oxygens (including phenoxy) is 1. The molecule has 0 aromatic carbocycles. The highest BCUT2D eigenvalue weighted by Crippen LogP contribution is 2.36. The monoisotopic (exact) mass is 428 g/mol. The molecular formula is C24H36N4O3. The van der Waals surface area contributed by atoms with E-state index in [0.29, 0.717) is 31.1 Å². The van der Waals surface area contributed by atoms with Crippen LogP contribution in [0.2, 0.25) is 0 Å². The molecule has 1 aliphatic carbocycles. The predicted octanol–water partition coefficient (Wildman–Crippen LogP) is 3.73. The van der Waals surface area contributed by atoms with Crippen LogP contribution in [0.3, 0.4) is 0 Å². The van der Waals surface area contributed by atoms with Crippen molar-refractivity contribution in [3.05, 3.63) is 17.1 Å². The SMILES string of the molecule is Cc1nc(C2CCCN2C(=O)COC(C)C)nc2c1CCC(=O)N2CC1CCCCC1. The first kappa shape index (κ1) is 22.2. The third-order valence-corrected chi connectivity index (χ3v) is 6.93. The van der Waals surface area contributed by atoms with E-state index in [0.717, 1.165) is 36.5 Å². The van der Waals surface area contributed by atoms with Gasteiger partial charge in [0, 0.05) is 30.8 Å². The highest BCUT2D eigenvalue weighted by molar-refractivity contribution is 5.95. The summed E-state index contributed by atoms with van der Waals surface area (Å²) in [4.78, 5) is 39.2. The Morgan fingerprint density at radius 2 is 1.87 bits per heavy atom. The third kappa shape index (κ3) is 4.92. The summed E-state index contributed by atoms with van der Waals surface area (Å²) in [6.07, 6.45) is 9.24. The van der Waals surface area contributed by atoms with Gasteiger partial charge < -0.3 is 9.64 Å². The molecule has 31 heavy (non-hydrogen) atoms. The van der Waals surface area contributed by atoms with Gasteiger partial charge in [0.15, 0.2) is 5.82 Å². The molecule has 2 aliphatic heterocycles. The summed E-state index contributed by atoms with van der Waals surface area (Å²) in [5.74, 6) is 2.19. The van der Waals surface area contributed by atoms with Gasteiger partial charge in [0.05, 0.1) is 12.1 Å². The molecule has 1 aromatic rings. The minimum absolute atomic E-state index is 0.00897.